The summed E-state index contributed by atoms with van der Waals surface area (Å²) in [5.41, 5.74) is 1.12. The van der Waals surface area contributed by atoms with Crippen LogP contribution in [0.5, 0.6) is 0 Å². The van der Waals surface area contributed by atoms with Crippen LogP contribution in [0.15, 0.2) is 30.3 Å². The Balaban J connectivity index is 2.41. The van der Waals surface area contributed by atoms with E-state index in [-0.39, 0.29) is 10.6 Å². The lowest BCUT2D eigenvalue weighted by molar-refractivity contribution is 0.480. The van der Waals surface area contributed by atoms with Gasteiger partial charge in [-0.25, -0.2) is 0 Å². The fourth-order valence-corrected chi connectivity index (χ4v) is 2.43. The van der Waals surface area contributed by atoms with Crippen LogP contribution in [0.3, 0.4) is 0 Å². The Morgan fingerprint density at radius 3 is 2.40 bits per heavy atom. The molecule has 5 heteroatoms. The van der Waals surface area contributed by atoms with E-state index in [9.17, 15) is 8.42 Å². The summed E-state index contributed by atoms with van der Waals surface area (Å²) in [5, 5.41) is 0. The van der Waals surface area contributed by atoms with E-state index in [0.717, 1.165) is 5.56 Å². The zero-order valence-electron chi connectivity index (χ0n) is 8.14. The average Bonchev–Trinajstić information content (AvgIpc) is 2.17. The Morgan fingerprint density at radius 1 is 1.27 bits per heavy atom. The first-order valence-corrected chi connectivity index (χ1v) is 7.16. The molecule has 1 atom stereocenters. The number of alkyl halides is 1. The topological polar surface area (TPSA) is 54.4 Å². The maximum Gasteiger partial charge on any atom is 0.264 e. The number of hydrogen-bond acceptors (Lipinski definition) is 2. The summed E-state index contributed by atoms with van der Waals surface area (Å²) in [6.07, 6.45) is 1.13. The van der Waals surface area contributed by atoms with Crippen molar-refractivity contribution in [3.63, 3.8) is 0 Å². The van der Waals surface area contributed by atoms with Crippen LogP contribution in [-0.2, 0) is 10.1 Å². The molecule has 15 heavy (non-hydrogen) atoms. The molecular weight excluding hydrogens is 280 g/mol. The minimum Gasteiger partial charge on any atom is -0.286 e. The van der Waals surface area contributed by atoms with Crippen molar-refractivity contribution >= 4 is 26.0 Å². The molecule has 3 nitrogen and oxygen atoms in total. The van der Waals surface area contributed by atoms with Gasteiger partial charge in [0.25, 0.3) is 10.1 Å². The highest BCUT2D eigenvalue weighted by atomic mass is 79.9. The molecule has 0 saturated carbocycles. The van der Waals surface area contributed by atoms with Crippen molar-refractivity contribution in [1.82, 2.24) is 0 Å². The van der Waals surface area contributed by atoms with Gasteiger partial charge in [0.2, 0.25) is 0 Å². The molecule has 1 N–H and O–H groups in total. The molecule has 84 valence electrons. The molecule has 1 unspecified atom stereocenters. The van der Waals surface area contributed by atoms with Crippen molar-refractivity contribution in [2.75, 3.05) is 5.75 Å². The second-order valence-electron chi connectivity index (χ2n) is 3.31. The molecule has 0 aromatic heterocycles. The zero-order chi connectivity index (χ0) is 11.3. The van der Waals surface area contributed by atoms with Gasteiger partial charge in [-0.1, -0.05) is 46.3 Å². The van der Waals surface area contributed by atoms with E-state index >= 15 is 0 Å². The van der Waals surface area contributed by atoms with Gasteiger partial charge in [0.15, 0.2) is 0 Å². The first-order valence-electron chi connectivity index (χ1n) is 4.63. The van der Waals surface area contributed by atoms with Gasteiger partial charge in [-0.05, 0) is 18.4 Å². The fourth-order valence-electron chi connectivity index (χ4n) is 1.27. The molecule has 0 saturated heterocycles. The second kappa shape index (κ2) is 5.63. The van der Waals surface area contributed by atoms with Crippen molar-refractivity contribution in [2.45, 2.75) is 17.7 Å². The summed E-state index contributed by atoms with van der Waals surface area (Å²) in [6, 6.07) is 9.76. The third-order valence-electron chi connectivity index (χ3n) is 2.02. The third-order valence-corrected chi connectivity index (χ3v) is 3.81. The van der Waals surface area contributed by atoms with Crippen LogP contribution in [-0.4, -0.2) is 18.7 Å². The van der Waals surface area contributed by atoms with E-state index in [2.05, 4.69) is 15.9 Å². The molecule has 0 spiro atoms. The number of benzene rings is 1. The minimum atomic E-state index is -3.82. The van der Waals surface area contributed by atoms with Crippen LogP contribution in [0.25, 0.3) is 0 Å². The van der Waals surface area contributed by atoms with E-state index in [1.807, 2.05) is 30.3 Å². The predicted molar refractivity (Wildman–Crippen MR) is 63.8 cm³/mol. The lowest BCUT2D eigenvalue weighted by Crippen LogP contribution is -2.04. The van der Waals surface area contributed by atoms with Gasteiger partial charge in [-0.2, -0.15) is 8.42 Å². The first kappa shape index (κ1) is 12.7. The van der Waals surface area contributed by atoms with Crippen LogP contribution < -0.4 is 0 Å². The van der Waals surface area contributed by atoms with E-state index in [1.54, 1.807) is 0 Å². The molecule has 0 aliphatic heterocycles. The molecule has 0 radical (unpaired) electrons. The molecule has 0 bridgehead atoms. The normalized spacial score (nSPS) is 13.7. The molecule has 0 aliphatic rings. The summed E-state index contributed by atoms with van der Waals surface area (Å²) < 4.78 is 29.5. The average molecular weight is 293 g/mol. The number of hydrogen-bond donors (Lipinski definition) is 1. The van der Waals surface area contributed by atoms with Crippen LogP contribution in [0.2, 0.25) is 0 Å². The quantitative estimate of drug-likeness (QED) is 0.671. The number of halogens is 1. The molecule has 0 aliphatic carbocycles. The minimum absolute atomic E-state index is 0.139. The zero-order valence-corrected chi connectivity index (χ0v) is 10.5. The monoisotopic (exact) mass is 292 g/mol. The predicted octanol–water partition coefficient (Wildman–Crippen LogP) is 2.79. The van der Waals surface area contributed by atoms with E-state index < -0.39 is 10.1 Å². The van der Waals surface area contributed by atoms with Gasteiger partial charge in [0.05, 0.1) is 5.75 Å². The Hall–Kier alpha value is -0.390. The van der Waals surface area contributed by atoms with Crippen molar-refractivity contribution in [1.29, 1.82) is 0 Å². The largest absolute Gasteiger partial charge is 0.286 e. The Labute approximate surface area is 98.4 Å². The molecule has 0 fully saturated rings. The van der Waals surface area contributed by atoms with Crippen LogP contribution in [0.4, 0.5) is 0 Å². The van der Waals surface area contributed by atoms with Crippen molar-refractivity contribution in [3.05, 3.63) is 35.9 Å². The molecule has 1 aromatic rings. The molecule has 1 aromatic carbocycles. The molecule has 0 heterocycles. The highest BCUT2D eigenvalue weighted by Gasteiger charge is 2.09. The lowest BCUT2D eigenvalue weighted by atomic mass is 10.1. The van der Waals surface area contributed by atoms with E-state index in [1.165, 1.54) is 0 Å². The summed E-state index contributed by atoms with van der Waals surface area (Å²) >= 11 is 3.48. The van der Waals surface area contributed by atoms with Crippen molar-refractivity contribution in [2.24, 2.45) is 0 Å². The van der Waals surface area contributed by atoms with Crippen molar-refractivity contribution < 1.29 is 13.0 Å². The van der Waals surface area contributed by atoms with Gasteiger partial charge in [0.1, 0.15) is 0 Å². The van der Waals surface area contributed by atoms with E-state index in [4.69, 9.17) is 4.55 Å². The van der Waals surface area contributed by atoms with Crippen LogP contribution >= 0.6 is 15.9 Å². The van der Waals surface area contributed by atoms with Crippen LogP contribution in [0.1, 0.15) is 23.2 Å². The molecular formula is C10H13BrO3S. The molecule has 1 rings (SSSR count). The molecule has 0 amide bonds. The summed E-state index contributed by atoms with van der Waals surface area (Å²) in [6.45, 7) is 0. The van der Waals surface area contributed by atoms with Crippen molar-refractivity contribution in [3.8, 4) is 0 Å². The highest BCUT2D eigenvalue weighted by Crippen LogP contribution is 2.27. The maximum absolute atomic E-state index is 10.5. The van der Waals surface area contributed by atoms with Crippen LogP contribution in [0, 0.1) is 0 Å². The fraction of sp³-hybridized carbons (Fsp3) is 0.400. The lowest BCUT2D eigenvalue weighted by Gasteiger charge is -2.08. The van der Waals surface area contributed by atoms with Gasteiger partial charge in [0, 0.05) is 4.83 Å². The standard InChI is InChI=1S/C10H13BrO3S/c11-10(7-4-8-15(12,13)14)9-5-2-1-3-6-9/h1-3,5-6,10H,4,7-8H2,(H,12,13,14). The summed E-state index contributed by atoms with van der Waals surface area (Å²) in [4.78, 5) is 0.139. The van der Waals surface area contributed by atoms with E-state index in [0.29, 0.717) is 12.8 Å². The Morgan fingerprint density at radius 2 is 1.87 bits per heavy atom. The second-order valence-corrected chi connectivity index (χ2v) is 5.98. The Bertz CT molecular complexity index is 388. The van der Waals surface area contributed by atoms with Gasteiger partial charge >= 0.3 is 0 Å². The summed E-state index contributed by atoms with van der Waals surface area (Å²) in [7, 11) is -3.82. The van der Waals surface area contributed by atoms with Gasteiger partial charge in [-0.3, -0.25) is 4.55 Å². The number of rotatable bonds is 5. The first-order chi connectivity index (χ1) is 6.99. The smallest absolute Gasteiger partial charge is 0.264 e. The van der Waals surface area contributed by atoms with Gasteiger partial charge in [-0.15, -0.1) is 0 Å². The Kier molecular flexibility index (Phi) is 4.76. The third kappa shape index (κ3) is 5.30. The summed E-state index contributed by atoms with van der Waals surface area (Å²) in [5.74, 6) is -0.179. The maximum atomic E-state index is 10.5. The SMILES string of the molecule is O=S(=O)(O)CCCC(Br)c1ccccc1. The van der Waals surface area contributed by atoms with Gasteiger partial charge < -0.3 is 0 Å². The highest BCUT2D eigenvalue weighted by molar-refractivity contribution is 9.09.